The van der Waals surface area contributed by atoms with Gasteiger partial charge in [0.2, 0.25) is 0 Å². The monoisotopic (exact) mass is 310 g/mol. The van der Waals surface area contributed by atoms with Crippen LogP contribution in [-0.2, 0) is 6.61 Å². The first-order chi connectivity index (χ1) is 11.2. The molecule has 0 spiro atoms. The molecule has 1 aliphatic heterocycles. The number of ether oxygens (including phenoxy) is 3. The van der Waals surface area contributed by atoms with Crippen LogP contribution in [-0.4, -0.2) is 23.2 Å². The number of hydrogen-bond acceptors (Lipinski definition) is 4. The second-order valence-electron chi connectivity index (χ2n) is 5.75. The molecule has 2 heterocycles. The molecule has 23 heavy (non-hydrogen) atoms. The molecule has 0 amide bonds. The molecule has 0 bridgehead atoms. The normalized spacial score (nSPS) is 13.3. The van der Waals surface area contributed by atoms with Crippen LogP contribution in [0.4, 0.5) is 0 Å². The van der Waals surface area contributed by atoms with Crippen molar-refractivity contribution in [3.05, 3.63) is 47.3 Å². The number of H-pyrrole nitrogens is 1. The first kappa shape index (κ1) is 13.9. The van der Waals surface area contributed by atoms with Crippen molar-refractivity contribution in [3.8, 4) is 17.2 Å². The van der Waals surface area contributed by atoms with Crippen molar-refractivity contribution in [2.24, 2.45) is 0 Å². The highest BCUT2D eigenvalue weighted by Crippen LogP contribution is 2.33. The fourth-order valence-corrected chi connectivity index (χ4v) is 2.68. The summed E-state index contributed by atoms with van der Waals surface area (Å²) in [6, 6.07) is 10.0. The number of aryl methyl sites for hydroxylation is 2. The summed E-state index contributed by atoms with van der Waals surface area (Å²) in [6.45, 7) is 5.64. The molecular weight excluding hydrogens is 292 g/mol. The van der Waals surface area contributed by atoms with Crippen LogP contribution in [0.25, 0.3) is 11.0 Å². The summed E-state index contributed by atoms with van der Waals surface area (Å²) in [5.41, 5.74) is 4.07. The molecule has 3 aromatic rings. The van der Waals surface area contributed by atoms with Gasteiger partial charge in [0.15, 0.2) is 11.5 Å². The van der Waals surface area contributed by atoms with Gasteiger partial charge in [0.25, 0.3) is 0 Å². The second-order valence-corrected chi connectivity index (χ2v) is 5.75. The predicted octanol–water partition coefficient (Wildman–Crippen LogP) is 3.53. The number of hydrogen-bond donors (Lipinski definition) is 1. The van der Waals surface area contributed by atoms with Gasteiger partial charge in [-0.15, -0.1) is 0 Å². The zero-order valence-electron chi connectivity index (χ0n) is 13.2. The van der Waals surface area contributed by atoms with Gasteiger partial charge in [-0.2, -0.15) is 0 Å². The van der Waals surface area contributed by atoms with Gasteiger partial charge in [-0.05, 0) is 31.0 Å². The molecule has 5 heteroatoms. The van der Waals surface area contributed by atoms with Crippen LogP contribution in [0.3, 0.4) is 0 Å². The number of rotatable bonds is 3. The molecular formula is C18H18N2O3. The van der Waals surface area contributed by atoms with E-state index in [2.05, 4.69) is 29.0 Å². The van der Waals surface area contributed by atoms with Gasteiger partial charge in [-0.3, -0.25) is 0 Å². The van der Waals surface area contributed by atoms with Crippen LogP contribution in [0.2, 0.25) is 0 Å². The quantitative estimate of drug-likeness (QED) is 0.804. The molecule has 0 unspecified atom stereocenters. The van der Waals surface area contributed by atoms with E-state index >= 15 is 0 Å². The van der Waals surface area contributed by atoms with E-state index in [1.807, 2.05) is 25.1 Å². The Morgan fingerprint density at radius 3 is 2.70 bits per heavy atom. The largest absolute Gasteiger partial charge is 0.486 e. The Kier molecular flexibility index (Phi) is 3.33. The van der Waals surface area contributed by atoms with Crippen LogP contribution in [0.1, 0.15) is 17.0 Å². The van der Waals surface area contributed by atoms with Crippen molar-refractivity contribution in [2.75, 3.05) is 13.2 Å². The van der Waals surface area contributed by atoms with Crippen LogP contribution in [0.5, 0.6) is 17.2 Å². The maximum absolute atomic E-state index is 5.90. The lowest BCUT2D eigenvalue weighted by atomic mass is 10.1. The van der Waals surface area contributed by atoms with Crippen LogP contribution in [0, 0.1) is 13.8 Å². The Labute approximate surface area is 134 Å². The average Bonchev–Trinajstić information content (AvgIpc) is 2.95. The number of aromatic amines is 1. The van der Waals surface area contributed by atoms with Gasteiger partial charge < -0.3 is 19.2 Å². The molecule has 118 valence electrons. The molecule has 1 aliphatic rings. The molecule has 0 saturated carbocycles. The summed E-state index contributed by atoms with van der Waals surface area (Å²) >= 11 is 0. The summed E-state index contributed by atoms with van der Waals surface area (Å²) in [5, 5.41) is 0. The minimum atomic E-state index is 0.394. The van der Waals surface area contributed by atoms with E-state index < -0.39 is 0 Å². The molecule has 2 aromatic carbocycles. The predicted molar refractivity (Wildman–Crippen MR) is 87.3 cm³/mol. The number of fused-ring (bicyclic) bond motifs is 2. The highest BCUT2D eigenvalue weighted by molar-refractivity contribution is 5.79. The van der Waals surface area contributed by atoms with E-state index in [0.29, 0.717) is 19.8 Å². The van der Waals surface area contributed by atoms with E-state index in [1.165, 1.54) is 5.56 Å². The van der Waals surface area contributed by atoms with Gasteiger partial charge in [0.1, 0.15) is 31.4 Å². The van der Waals surface area contributed by atoms with E-state index in [4.69, 9.17) is 14.2 Å². The third kappa shape index (κ3) is 2.70. The third-order valence-corrected chi connectivity index (χ3v) is 3.90. The lowest BCUT2D eigenvalue weighted by Gasteiger charge is -2.17. The minimum Gasteiger partial charge on any atom is -0.486 e. The molecule has 1 N–H and O–H groups in total. The maximum atomic E-state index is 5.90. The topological polar surface area (TPSA) is 56.4 Å². The third-order valence-electron chi connectivity index (χ3n) is 3.90. The number of nitrogens with one attached hydrogen (secondary N) is 1. The molecule has 0 radical (unpaired) electrons. The van der Waals surface area contributed by atoms with Gasteiger partial charge in [0, 0.05) is 12.1 Å². The average molecular weight is 310 g/mol. The van der Waals surface area contributed by atoms with Crippen molar-refractivity contribution in [3.63, 3.8) is 0 Å². The Hall–Kier alpha value is -2.69. The summed E-state index contributed by atoms with van der Waals surface area (Å²) in [7, 11) is 0. The summed E-state index contributed by atoms with van der Waals surface area (Å²) in [4.78, 5) is 7.85. The lowest BCUT2D eigenvalue weighted by molar-refractivity contribution is 0.172. The Morgan fingerprint density at radius 2 is 1.87 bits per heavy atom. The number of benzene rings is 2. The highest BCUT2D eigenvalue weighted by atomic mass is 16.6. The standard InChI is InChI=1S/C18H18N2O3/c1-11-3-4-12(2)15(7-11)23-10-18-19-13-8-16-17(9-14(13)20-18)22-6-5-21-16/h3-4,7-9H,5-6,10H2,1-2H3,(H,19,20). The fraction of sp³-hybridized carbons (Fsp3) is 0.278. The molecule has 0 fully saturated rings. The number of aromatic nitrogens is 2. The molecule has 5 nitrogen and oxygen atoms in total. The van der Waals surface area contributed by atoms with Crippen molar-refractivity contribution >= 4 is 11.0 Å². The Bertz CT molecular complexity index is 827. The van der Waals surface area contributed by atoms with Crippen LogP contribution >= 0.6 is 0 Å². The van der Waals surface area contributed by atoms with Gasteiger partial charge in [0.05, 0.1) is 11.0 Å². The van der Waals surface area contributed by atoms with Crippen molar-refractivity contribution < 1.29 is 14.2 Å². The number of nitrogens with zero attached hydrogens (tertiary/aromatic N) is 1. The fourth-order valence-electron chi connectivity index (χ4n) is 2.68. The van der Waals surface area contributed by atoms with E-state index in [9.17, 15) is 0 Å². The zero-order chi connectivity index (χ0) is 15.8. The van der Waals surface area contributed by atoms with Gasteiger partial charge in [-0.1, -0.05) is 12.1 Å². The van der Waals surface area contributed by atoms with Gasteiger partial charge >= 0.3 is 0 Å². The minimum absolute atomic E-state index is 0.394. The zero-order valence-corrected chi connectivity index (χ0v) is 13.2. The first-order valence-electron chi connectivity index (χ1n) is 7.67. The van der Waals surface area contributed by atoms with Crippen LogP contribution in [0.15, 0.2) is 30.3 Å². The lowest BCUT2D eigenvalue weighted by Crippen LogP contribution is -2.15. The number of imidazole rings is 1. The van der Waals surface area contributed by atoms with E-state index in [-0.39, 0.29) is 0 Å². The Morgan fingerprint density at radius 1 is 1.09 bits per heavy atom. The maximum Gasteiger partial charge on any atom is 0.163 e. The molecule has 4 rings (SSSR count). The summed E-state index contributed by atoms with van der Waals surface area (Å²) in [5.74, 6) is 3.17. The molecule has 0 atom stereocenters. The van der Waals surface area contributed by atoms with Crippen molar-refractivity contribution in [1.82, 2.24) is 9.97 Å². The second kappa shape index (κ2) is 5.50. The highest BCUT2D eigenvalue weighted by Gasteiger charge is 2.15. The molecule has 0 aliphatic carbocycles. The SMILES string of the molecule is Cc1ccc(C)c(OCc2nc3cc4c(cc3[nH]2)OCCO4)c1. The Balaban J connectivity index is 1.58. The molecule has 0 saturated heterocycles. The van der Waals surface area contributed by atoms with E-state index in [1.54, 1.807) is 0 Å². The summed E-state index contributed by atoms with van der Waals surface area (Å²) in [6.07, 6.45) is 0. The smallest absolute Gasteiger partial charge is 0.163 e. The molecule has 1 aromatic heterocycles. The van der Waals surface area contributed by atoms with Crippen LogP contribution < -0.4 is 14.2 Å². The van der Waals surface area contributed by atoms with Crippen molar-refractivity contribution in [2.45, 2.75) is 20.5 Å². The summed E-state index contributed by atoms with van der Waals surface area (Å²) < 4.78 is 17.1. The van der Waals surface area contributed by atoms with Gasteiger partial charge in [-0.25, -0.2) is 4.98 Å². The first-order valence-corrected chi connectivity index (χ1v) is 7.67. The van der Waals surface area contributed by atoms with E-state index in [0.717, 1.165) is 39.7 Å². The van der Waals surface area contributed by atoms with Crippen molar-refractivity contribution in [1.29, 1.82) is 0 Å².